The summed E-state index contributed by atoms with van der Waals surface area (Å²) in [7, 11) is 1.78. The fourth-order valence-corrected chi connectivity index (χ4v) is 3.90. The van der Waals surface area contributed by atoms with Crippen molar-refractivity contribution in [2.75, 3.05) is 43.4 Å². The first-order chi connectivity index (χ1) is 16.1. The van der Waals surface area contributed by atoms with Crippen LogP contribution in [0.15, 0.2) is 72.0 Å². The lowest BCUT2D eigenvalue weighted by atomic mass is 10.2. The molecule has 9 nitrogen and oxygen atoms in total. The van der Waals surface area contributed by atoms with E-state index in [9.17, 15) is 9.90 Å². The first-order valence-corrected chi connectivity index (χ1v) is 11.0. The van der Waals surface area contributed by atoms with Crippen molar-refractivity contribution in [1.29, 1.82) is 0 Å². The van der Waals surface area contributed by atoms with Crippen LogP contribution >= 0.6 is 0 Å². The fourth-order valence-electron chi connectivity index (χ4n) is 3.90. The molecule has 0 aliphatic carbocycles. The summed E-state index contributed by atoms with van der Waals surface area (Å²) in [6, 6.07) is 17.0. The molecule has 4 rings (SSSR count). The van der Waals surface area contributed by atoms with Gasteiger partial charge in [-0.15, -0.1) is 0 Å². The number of nitrogens with one attached hydrogen (secondary N) is 2. The lowest BCUT2D eigenvalue weighted by Crippen LogP contribution is -2.52. The van der Waals surface area contributed by atoms with E-state index in [2.05, 4.69) is 30.5 Å². The van der Waals surface area contributed by atoms with Gasteiger partial charge in [0.05, 0.1) is 5.69 Å². The van der Waals surface area contributed by atoms with Crippen molar-refractivity contribution in [2.24, 2.45) is 4.99 Å². The van der Waals surface area contributed by atoms with Crippen molar-refractivity contribution in [3.8, 4) is 5.75 Å². The number of anilines is 2. The summed E-state index contributed by atoms with van der Waals surface area (Å²) in [4.78, 5) is 21.1. The Labute approximate surface area is 193 Å². The Kier molecular flexibility index (Phi) is 7.09. The zero-order valence-corrected chi connectivity index (χ0v) is 18.7. The lowest BCUT2D eigenvalue weighted by molar-refractivity contribution is -0.116. The Morgan fingerprint density at radius 2 is 1.91 bits per heavy atom. The molecule has 0 bridgehead atoms. The van der Waals surface area contributed by atoms with Gasteiger partial charge in [0.15, 0.2) is 5.96 Å². The molecule has 0 spiro atoms. The maximum atomic E-state index is 12.2. The third-order valence-electron chi connectivity index (χ3n) is 5.54. The van der Waals surface area contributed by atoms with E-state index in [0.717, 1.165) is 49.1 Å². The number of phenolic OH excluding ortho intramolecular Hbond substituents is 1. The number of aromatic nitrogens is 2. The van der Waals surface area contributed by atoms with Gasteiger partial charge in [-0.25, -0.2) is 0 Å². The number of phenols is 1. The van der Waals surface area contributed by atoms with Crippen LogP contribution in [0.1, 0.15) is 5.56 Å². The van der Waals surface area contributed by atoms with Gasteiger partial charge < -0.3 is 25.5 Å². The number of aliphatic imine (C=N–C) groups is 1. The number of hydrogen-bond acceptors (Lipinski definition) is 5. The summed E-state index contributed by atoms with van der Waals surface area (Å²) in [6.45, 7) is 3.98. The average Bonchev–Trinajstić information content (AvgIpc) is 3.33. The van der Waals surface area contributed by atoms with Gasteiger partial charge in [0.1, 0.15) is 12.3 Å². The molecule has 0 saturated carbocycles. The highest BCUT2D eigenvalue weighted by molar-refractivity contribution is 5.90. The number of para-hydroxylation sites is 2. The first-order valence-electron chi connectivity index (χ1n) is 11.0. The summed E-state index contributed by atoms with van der Waals surface area (Å²) in [6.07, 6.45) is 3.41. The summed E-state index contributed by atoms with van der Waals surface area (Å²) in [5.41, 5.74) is 2.66. The number of nitrogens with zero attached hydrogens (tertiary/aromatic N) is 5. The zero-order chi connectivity index (χ0) is 23.0. The molecule has 0 unspecified atom stereocenters. The van der Waals surface area contributed by atoms with E-state index >= 15 is 0 Å². The molecule has 1 fully saturated rings. The van der Waals surface area contributed by atoms with Gasteiger partial charge in [0.25, 0.3) is 0 Å². The number of piperazine rings is 1. The molecule has 33 heavy (non-hydrogen) atoms. The highest BCUT2D eigenvalue weighted by Crippen LogP contribution is 2.27. The summed E-state index contributed by atoms with van der Waals surface area (Å²) < 4.78 is 1.59. The predicted octanol–water partition coefficient (Wildman–Crippen LogP) is 2.12. The highest BCUT2D eigenvalue weighted by atomic mass is 16.3. The molecule has 1 aromatic heterocycles. The minimum absolute atomic E-state index is 0.123. The van der Waals surface area contributed by atoms with E-state index in [0.29, 0.717) is 12.3 Å². The minimum atomic E-state index is -0.123. The van der Waals surface area contributed by atoms with Crippen LogP contribution in [-0.2, 0) is 17.9 Å². The van der Waals surface area contributed by atoms with Crippen molar-refractivity contribution >= 4 is 23.2 Å². The SMILES string of the molecule is CN=C(NCc1cccc(NC(=O)Cn2cccn2)c1)N1CCN(c2ccccc2O)CC1. The van der Waals surface area contributed by atoms with Gasteiger partial charge in [-0.05, 0) is 35.9 Å². The maximum absolute atomic E-state index is 12.2. The van der Waals surface area contributed by atoms with Crippen molar-refractivity contribution in [3.05, 3.63) is 72.6 Å². The van der Waals surface area contributed by atoms with E-state index in [1.807, 2.05) is 42.5 Å². The standard InChI is InChI=1S/C24H29N7O2/c1-25-24(30-14-12-29(13-15-30)21-8-2-3-9-22(21)32)26-17-19-6-4-7-20(16-19)28-23(33)18-31-11-5-10-27-31/h2-11,16,32H,12-15,17-18H2,1H3,(H,25,26)(H,28,33). The molecule has 1 aliphatic rings. The fraction of sp³-hybridized carbons (Fsp3) is 0.292. The van der Waals surface area contributed by atoms with E-state index < -0.39 is 0 Å². The van der Waals surface area contributed by atoms with Gasteiger partial charge in [-0.1, -0.05) is 24.3 Å². The first kappa shape index (κ1) is 22.2. The van der Waals surface area contributed by atoms with Crippen LogP contribution in [0.2, 0.25) is 0 Å². The lowest BCUT2D eigenvalue weighted by Gasteiger charge is -2.37. The maximum Gasteiger partial charge on any atom is 0.246 e. The van der Waals surface area contributed by atoms with Crippen LogP contribution in [0.3, 0.4) is 0 Å². The number of hydrogen-bond donors (Lipinski definition) is 3. The van der Waals surface area contributed by atoms with Gasteiger partial charge in [-0.3, -0.25) is 14.5 Å². The number of carbonyl (C=O) groups excluding carboxylic acids is 1. The topological polar surface area (TPSA) is 98.0 Å². The third-order valence-corrected chi connectivity index (χ3v) is 5.54. The van der Waals surface area contributed by atoms with Crippen molar-refractivity contribution < 1.29 is 9.90 Å². The van der Waals surface area contributed by atoms with Crippen LogP contribution < -0.4 is 15.5 Å². The molecule has 9 heteroatoms. The van der Waals surface area contributed by atoms with Gasteiger partial charge in [0, 0.05) is 57.9 Å². The Morgan fingerprint density at radius 3 is 2.64 bits per heavy atom. The number of guanidine groups is 1. The highest BCUT2D eigenvalue weighted by Gasteiger charge is 2.21. The molecule has 3 N–H and O–H groups in total. The number of carbonyl (C=O) groups is 1. The van der Waals surface area contributed by atoms with Crippen LogP contribution in [0, 0.1) is 0 Å². The molecule has 0 atom stereocenters. The second-order valence-corrected chi connectivity index (χ2v) is 7.82. The molecule has 1 amide bonds. The van der Waals surface area contributed by atoms with Crippen LogP contribution in [0.4, 0.5) is 11.4 Å². The average molecular weight is 448 g/mol. The molecule has 2 aromatic carbocycles. The molecular formula is C24H29N7O2. The molecule has 172 valence electrons. The largest absolute Gasteiger partial charge is 0.506 e. The number of rotatable bonds is 6. The normalized spacial score (nSPS) is 14.3. The van der Waals surface area contributed by atoms with Crippen molar-refractivity contribution in [2.45, 2.75) is 13.1 Å². The summed E-state index contributed by atoms with van der Waals surface area (Å²) in [5, 5.41) is 20.5. The summed E-state index contributed by atoms with van der Waals surface area (Å²) >= 11 is 0. The molecule has 1 aliphatic heterocycles. The number of aromatic hydroxyl groups is 1. The van der Waals surface area contributed by atoms with E-state index in [4.69, 9.17) is 0 Å². The predicted molar refractivity (Wildman–Crippen MR) is 129 cm³/mol. The van der Waals surface area contributed by atoms with E-state index in [1.165, 1.54) is 0 Å². The molecular weight excluding hydrogens is 418 g/mol. The molecule has 0 radical (unpaired) electrons. The van der Waals surface area contributed by atoms with Crippen LogP contribution in [-0.4, -0.2) is 64.9 Å². The molecule has 1 saturated heterocycles. The van der Waals surface area contributed by atoms with E-state index in [1.54, 1.807) is 36.3 Å². The third kappa shape index (κ3) is 5.82. The monoisotopic (exact) mass is 447 g/mol. The van der Waals surface area contributed by atoms with Crippen molar-refractivity contribution in [3.63, 3.8) is 0 Å². The van der Waals surface area contributed by atoms with Gasteiger partial charge in [0.2, 0.25) is 5.91 Å². The summed E-state index contributed by atoms with van der Waals surface area (Å²) in [5.74, 6) is 1.02. The number of benzene rings is 2. The molecule has 2 heterocycles. The number of amides is 1. The van der Waals surface area contributed by atoms with Gasteiger partial charge >= 0.3 is 0 Å². The smallest absolute Gasteiger partial charge is 0.246 e. The van der Waals surface area contributed by atoms with Crippen molar-refractivity contribution in [1.82, 2.24) is 20.0 Å². The zero-order valence-electron chi connectivity index (χ0n) is 18.7. The second kappa shape index (κ2) is 10.5. The Hall–Kier alpha value is -4.01. The van der Waals surface area contributed by atoms with Gasteiger partial charge in [-0.2, -0.15) is 5.10 Å². The van der Waals surface area contributed by atoms with E-state index in [-0.39, 0.29) is 12.5 Å². The quantitative estimate of drug-likeness (QED) is 0.396. The Balaban J connectivity index is 1.29. The second-order valence-electron chi connectivity index (χ2n) is 7.82. The van der Waals surface area contributed by atoms with Crippen LogP contribution in [0.5, 0.6) is 5.75 Å². The minimum Gasteiger partial charge on any atom is -0.506 e. The Morgan fingerprint density at radius 1 is 1.09 bits per heavy atom. The molecule has 3 aromatic rings. The van der Waals surface area contributed by atoms with Crippen LogP contribution in [0.25, 0.3) is 0 Å². The Bertz CT molecular complexity index is 1090.